The van der Waals surface area contributed by atoms with E-state index in [-0.39, 0.29) is 25.0 Å². The van der Waals surface area contributed by atoms with Crippen molar-refractivity contribution in [3.8, 4) is 11.5 Å². The van der Waals surface area contributed by atoms with Gasteiger partial charge in [0.1, 0.15) is 0 Å². The first-order chi connectivity index (χ1) is 18.4. The largest absolute Gasteiger partial charge is 0.493 e. The van der Waals surface area contributed by atoms with Crippen LogP contribution in [0.3, 0.4) is 0 Å². The summed E-state index contributed by atoms with van der Waals surface area (Å²) in [4.78, 5) is 39.1. The zero-order chi connectivity index (χ0) is 27.1. The highest BCUT2D eigenvalue weighted by atomic mass is 32.2. The van der Waals surface area contributed by atoms with Gasteiger partial charge in [-0.2, -0.15) is 0 Å². The molecule has 38 heavy (non-hydrogen) atoms. The van der Waals surface area contributed by atoms with Gasteiger partial charge in [0.2, 0.25) is 0 Å². The molecule has 0 spiro atoms. The number of benzene rings is 3. The number of methoxy groups -OCH3 is 1. The van der Waals surface area contributed by atoms with Crippen LogP contribution in [-0.2, 0) is 14.3 Å². The van der Waals surface area contributed by atoms with Crippen molar-refractivity contribution in [3.05, 3.63) is 88.8 Å². The van der Waals surface area contributed by atoms with E-state index in [1.807, 2.05) is 30.3 Å². The highest BCUT2D eigenvalue weighted by molar-refractivity contribution is 8.27. The van der Waals surface area contributed by atoms with Crippen LogP contribution in [0.2, 0.25) is 0 Å². The van der Waals surface area contributed by atoms with E-state index >= 15 is 0 Å². The number of anilines is 2. The molecule has 4 rings (SSSR count). The van der Waals surface area contributed by atoms with Gasteiger partial charge >= 0.3 is 5.97 Å². The number of nitrogens with zero attached hydrogens (tertiary/aromatic N) is 1. The fourth-order valence-corrected chi connectivity index (χ4v) is 4.86. The van der Waals surface area contributed by atoms with Crippen molar-refractivity contribution < 1.29 is 28.6 Å². The number of thioether (sulfide) groups is 1. The highest BCUT2D eigenvalue weighted by Gasteiger charge is 2.33. The molecule has 1 heterocycles. The molecular weight excluding hydrogens is 524 g/mol. The van der Waals surface area contributed by atoms with Gasteiger partial charge in [0.25, 0.3) is 11.8 Å². The second-order valence-corrected chi connectivity index (χ2v) is 9.57. The lowest BCUT2D eigenvalue weighted by molar-refractivity contribution is -0.118. The van der Waals surface area contributed by atoms with E-state index < -0.39 is 5.97 Å². The number of carbonyl (C=O) groups excluding carboxylic acids is 3. The summed E-state index contributed by atoms with van der Waals surface area (Å²) in [5, 5.41) is 2.71. The summed E-state index contributed by atoms with van der Waals surface area (Å²) in [6.45, 7) is 1.76. The van der Waals surface area contributed by atoms with Crippen molar-refractivity contribution in [1.82, 2.24) is 0 Å². The molecule has 3 aromatic carbocycles. The summed E-state index contributed by atoms with van der Waals surface area (Å²) in [7, 11) is 1.49. The van der Waals surface area contributed by atoms with Gasteiger partial charge in [-0.05, 0) is 67.1 Å². The van der Waals surface area contributed by atoms with Gasteiger partial charge in [-0.3, -0.25) is 14.5 Å². The molecule has 1 aliphatic rings. The molecule has 0 radical (unpaired) electrons. The van der Waals surface area contributed by atoms with E-state index in [9.17, 15) is 14.4 Å². The molecule has 1 N–H and O–H groups in total. The summed E-state index contributed by atoms with van der Waals surface area (Å²) < 4.78 is 16.5. The number of hydrogen-bond acceptors (Lipinski definition) is 8. The maximum atomic E-state index is 13.0. The minimum absolute atomic E-state index is 0.197. The number of carbonyl (C=O) groups is 3. The van der Waals surface area contributed by atoms with Gasteiger partial charge in [-0.25, -0.2) is 4.79 Å². The second-order valence-electron chi connectivity index (χ2n) is 7.90. The average molecular weight is 549 g/mol. The van der Waals surface area contributed by atoms with E-state index in [0.717, 1.165) is 0 Å². The molecular formula is C28H24N2O6S2. The highest BCUT2D eigenvalue weighted by Crippen LogP contribution is 2.37. The quantitative estimate of drug-likeness (QED) is 0.219. The molecule has 10 heteroatoms. The maximum absolute atomic E-state index is 13.0. The number of nitrogens with one attached hydrogen (secondary N) is 1. The predicted molar refractivity (Wildman–Crippen MR) is 152 cm³/mol. The Morgan fingerprint density at radius 1 is 1.03 bits per heavy atom. The van der Waals surface area contributed by atoms with Crippen LogP contribution in [0.15, 0.2) is 77.7 Å². The van der Waals surface area contributed by atoms with E-state index in [0.29, 0.717) is 43.2 Å². The maximum Gasteiger partial charge on any atom is 0.338 e. The standard InChI is InChI=1S/C28H24N2O6S2/c1-3-35-27(33)19-10-12-20(13-11-19)29-25(31)17-36-22-14-9-18(15-23(22)34-2)16-24-26(32)30(28(37)38-24)21-7-5-4-6-8-21/h4-16H,3,17H2,1-2H3,(H,29,31). The third-order valence-corrected chi connectivity index (χ3v) is 6.63. The molecule has 2 amide bonds. The van der Waals surface area contributed by atoms with Crippen LogP contribution in [0, 0.1) is 0 Å². The Hall–Kier alpha value is -4.15. The van der Waals surface area contributed by atoms with Crippen molar-refractivity contribution in [2.24, 2.45) is 0 Å². The fourth-order valence-electron chi connectivity index (χ4n) is 3.56. The molecule has 0 aliphatic carbocycles. The Bertz CT molecular complexity index is 1390. The van der Waals surface area contributed by atoms with E-state index in [2.05, 4.69) is 5.32 Å². The zero-order valence-corrected chi connectivity index (χ0v) is 22.3. The Morgan fingerprint density at radius 3 is 2.45 bits per heavy atom. The van der Waals surface area contributed by atoms with Crippen molar-refractivity contribution in [2.75, 3.05) is 30.5 Å². The Labute approximate surface area is 229 Å². The van der Waals surface area contributed by atoms with Gasteiger partial charge in [-0.15, -0.1) is 0 Å². The molecule has 0 bridgehead atoms. The van der Waals surface area contributed by atoms with Crippen LogP contribution >= 0.6 is 24.0 Å². The number of ether oxygens (including phenoxy) is 3. The van der Waals surface area contributed by atoms with Crippen molar-refractivity contribution in [2.45, 2.75) is 6.92 Å². The number of esters is 1. The van der Waals surface area contributed by atoms with E-state index in [4.69, 9.17) is 26.4 Å². The topological polar surface area (TPSA) is 94.2 Å². The van der Waals surface area contributed by atoms with Gasteiger partial charge in [0.05, 0.1) is 29.9 Å². The zero-order valence-electron chi connectivity index (χ0n) is 20.6. The molecule has 1 saturated heterocycles. The Morgan fingerprint density at radius 2 is 1.76 bits per heavy atom. The summed E-state index contributed by atoms with van der Waals surface area (Å²) >= 11 is 6.65. The molecule has 8 nitrogen and oxygen atoms in total. The molecule has 1 aliphatic heterocycles. The Kier molecular flexibility index (Phi) is 8.77. The fraction of sp³-hybridized carbons (Fsp3) is 0.143. The Balaban J connectivity index is 1.39. The van der Waals surface area contributed by atoms with Crippen LogP contribution in [-0.4, -0.2) is 42.4 Å². The van der Waals surface area contributed by atoms with Gasteiger partial charge in [0, 0.05) is 5.69 Å². The van der Waals surface area contributed by atoms with E-state index in [1.165, 1.54) is 23.8 Å². The second kappa shape index (κ2) is 12.4. The van der Waals surface area contributed by atoms with Gasteiger partial charge in [0.15, 0.2) is 22.4 Å². The first-order valence-electron chi connectivity index (χ1n) is 11.6. The third-order valence-electron chi connectivity index (χ3n) is 5.33. The van der Waals surface area contributed by atoms with Gasteiger partial charge in [-0.1, -0.05) is 48.2 Å². The SMILES string of the molecule is CCOC(=O)c1ccc(NC(=O)COc2ccc(C=C3SC(=S)N(c4ccccc4)C3=O)cc2OC)cc1. The van der Waals surface area contributed by atoms with Gasteiger partial charge < -0.3 is 19.5 Å². The van der Waals surface area contributed by atoms with E-state index in [1.54, 1.807) is 55.5 Å². The van der Waals surface area contributed by atoms with Crippen LogP contribution in [0.1, 0.15) is 22.8 Å². The summed E-state index contributed by atoms with van der Waals surface area (Å²) in [5.74, 6) is -0.229. The number of amides is 2. The van der Waals surface area contributed by atoms with Crippen molar-refractivity contribution in [1.29, 1.82) is 0 Å². The minimum Gasteiger partial charge on any atom is -0.493 e. The van der Waals surface area contributed by atoms with Crippen LogP contribution in [0.5, 0.6) is 11.5 Å². The summed E-state index contributed by atoms with van der Waals surface area (Å²) in [6.07, 6.45) is 1.74. The lowest BCUT2D eigenvalue weighted by Crippen LogP contribution is -2.27. The number of para-hydroxylation sites is 1. The molecule has 3 aromatic rings. The van der Waals surface area contributed by atoms with Crippen molar-refractivity contribution >= 4 is 63.5 Å². The molecule has 194 valence electrons. The number of hydrogen-bond donors (Lipinski definition) is 1. The molecule has 0 unspecified atom stereocenters. The lowest BCUT2D eigenvalue weighted by Gasteiger charge is -2.14. The molecule has 0 aromatic heterocycles. The number of rotatable bonds is 9. The number of thiocarbonyl (C=S) groups is 1. The average Bonchev–Trinajstić information content (AvgIpc) is 3.20. The van der Waals surface area contributed by atoms with Crippen LogP contribution in [0.4, 0.5) is 11.4 Å². The third kappa shape index (κ3) is 6.39. The minimum atomic E-state index is -0.424. The van der Waals surface area contributed by atoms with Crippen LogP contribution in [0.25, 0.3) is 6.08 Å². The van der Waals surface area contributed by atoms with Crippen molar-refractivity contribution in [3.63, 3.8) is 0 Å². The normalized spacial score (nSPS) is 13.9. The molecule has 1 fully saturated rings. The predicted octanol–water partition coefficient (Wildman–Crippen LogP) is 5.30. The summed E-state index contributed by atoms with van der Waals surface area (Å²) in [6, 6.07) is 20.8. The molecule has 0 saturated carbocycles. The first-order valence-corrected chi connectivity index (χ1v) is 12.8. The first kappa shape index (κ1) is 26.9. The van der Waals surface area contributed by atoms with Crippen LogP contribution < -0.4 is 19.7 Å². The summed E-state index contributed by atoms with van der Waals surface area (Å²) in [5.41, 5.74) is 2.34. The molecule has 0 atom stereocenters. The monoisotopic (exact) mass is 548 g/mol. The smallest absolute Gasteiger partial charge is 0.338 e. The lowest BCUT2D eigenvalue weighted by atomic mass is 10.2.